The second-order valence-electron chi connectivity index (χ2n) is 6.50. The number of carbonyl (C=O) groups is 1. The molecule has 1 amide bonds. The normalized spacial score (nSPS) is 32.9. The first-order chi connectivity index (χ1) is 9.20. The van der Waals surface area contributed by atoms with Crippen molar-refractivity contribution in [3.8, 4) is 0 Å². The number of carbonyl (C=O) groups excluding carboxylic acids is 1. The lowest BCUT2D eigenvalue weighted by molar-refractivity contribution is -0.132. The van der Waals surface area contributed by atoms with Gasteiger partial charge in [-0.15, -0.1) is 0 Å². The Kier molecular flexibility index (Phi) is 5.68. The van der Waals surface area contributed by atoms with Crippen LogP contribution >= 0.6 is 0 Å². The highest BCUT2D eigenvalue weighted by Crippen LogP contribution is 2.27. The molecule has 2 rings (SSSR count). The SMILES string of the molecule is CCC1CCCN(C(=O)CC2CCCCC2N)CC1. The topological polar surface area (TPSA) is 46.3 Å². The molecular weight excluding hydrogens is 236 g/mol. The van der Waals surface area contributed by atoms with Gasteiger partial charge in [0.05, 0.1) is 0 Å². The van der Waals surface area contributed by atoms with E-state index in [0.717, 1.165) is 31.8 Å². The quantitative estimate of drug-likeness (QED) is 0.853. The van der Waals surface area contributed by atoms with E-state index >= 15 is 0 Å². The number of nitrogens with zero attached hydrogens (tertiary/aromatic N) is 1. The zero-order valence-corrected chi connectivity index (χ0v) is 12.4. The predicted octanol–water partition coefficient (Wildman–Crippen LogP) is 2.93. The van der Waals surface area contributed by atoms with Crippen LogP contribution in [0.25, 0.3) is 0 Å². The number of amides is 1. The largest absolute Gasteiger partial charge is 0.343 e. The Morgan fingerprint density at radius 1 is 1.11 bits per heavy atom. The molecule has 19 heavy (non-hydrogen) atoms. The number of nitrogens with two attached hydrogens (primary N) is 1. The van der Waals surface area contributed by atoms with E-state index < -0.39 is 0 Å². The van der Waals surface area contributed by atoms with Crippen molar-refractivity contribution in [2.24, 2.45) is 17.6 Å². The van der Waals surface area contributed by atoms with Gasteiger partial charge in [-0.25, -0.2) is 0 Å². The van der Waals surface area contributed by atoms with E-state index in [1.165, 1.54) is 38.5 Å². The molecule has 3 unspecified atom stereocenters. The lowest BCUT2D eigenvalue weighted by Crippen LogP contribution is -2.39. The van der Waals surface area contributed by atoms with Crippen LogP contribution in [0.4, 0.5) is 0 Å². The molecule has 1 heterocycles. The van der Waals surface area contributed by atoms with Crippen LogP contribution in [0.1, 0.15) is 64.7 Å². The molecule has 2 fully saturated rings. The summed E-state index contributed by atoms with van der Waals surface area (Å²) in [6, 6.07) is 0.257. The molecule has 0 aromatic carbocycles. The minimum Gasteiger partial charge on any atom is -0.343 e. The Bertz CT molecular complexity index is 292. The molecule has 0 aromatic heterocycles. The molecular formula is C16H30N2O. The first-order valence-electron chi connectivity index (χ1n) is 8.24. The van der Waals surface area contributed by atoms with Gasteiger partial charge in [0.15, 0.2) is 0 Å². The van der Waals surface area contributed by atoms with E-state index in [0.29, 0.717) is 18.2 Å². The fourth-order valence-corrected chi connectivity index (χ4v) is 3.67. The molecule has 0 aromatic rings. The molecule has 1 aliphatic heterocycles. The van der Waals surface area contributed by atoms with Gasteiger partial charge in [0.2, 0.25) is 5.91 Å². The summed E-state index contributed by atoms with van der Waals surface area (Å²) in [7, 11) is 0. The highest BCUT2D eigenvalue weighted by molar-refractivity contribution is 5.76. The molecule has 1 saturated carbocycles. The zero-order chi connectivity index (χ0) is 13.7. The summed E-state index contributed by atoms with van der Waals surface area (Å²) in [6.07, 6.45) is 10.4. The fourth-order valence-electron chi connectivity index (χ4n) is 3.67. The molecule has 1 saturated heterocycles. The van der Waals surface area contributed by atoms with Gasteiger partial charge in [-0.1, -0.05) is 26.2 Å². The van der Waals surface area contributed by atoms with Crippen LogP contribution in [0.5, 0.6) is 0 Å². The minimum absolute atomic E-state index is 0.257. The maximum absolute atomic E-state index is 12.4. The third-order valence-corrected chi connectivity index (χ3v) is 5.18. The van der Waals surface area contributed by atoms with Crippen molar-refractivity contribution in [3.63, 3.8) is 0 Å². The third-order valence-electron chi connectivity index (χ3n) is 5.18. The van der Waals surface area contributed by atoms with Crippen molar-refractivity contribution >= 4 is 5.91 Å². The van der Waals surface area contributed by atoms with E-state index in [1.54, 1.807) is 0 Å². The van der Waals surface area contributed by atoms with E-state index in [2.05, 4.69) is 11.8 Å². The summed E-state index contributed by atoms with van der Waals surface area (Å²) in [6.45, 7) is 4.21. The van der Waals surface area contributed by atoms with Crippen LogP contribution < -0.4 is 5.73 Å². The van der Waals surface area contributed by atoms with Crippen molar-refractivity contribution in [1.29, 1.82) is 0 Å². The smallest absolute Gasteiger partial charge is 0.222 e. The van der Waals surface area contributed by atoms with Gasteiger partial charge in [-0.3, -0.25) is 4.79 Å². The Hall–Kier alpha value is -0.570. The van der Waals surface area contributed by atoms with Crippen LogP contribution in [-0.2, 0) is 4.79 Å². The molecule has 2 aliphatic rings. The van der Waals surface area contributed by atoms with Gasteiger partial charge in [0.25, 0.3) is 0 Å². The van der Waals surface area contributed by atoms with E-state index in [-0.39, 0.29) is 6.04 Å². The Balaban J connectivity index is 1.82. The Morgan fingerprint density at radius 3 is 2.63 bits per heavy atom. The highest BCUT2D eigenvalue weighted by atomic mass is 16.2. The number of hydrogen-bond donors (Lipinski definition) is 1. The van der Waals surface area contributed by atoms with Crippen molar-refractivity contribution in [3.05, 3.63) is 0 Å². The third kappa shape index (κ3) is 4.20. The lowest BCUT2D eigenvalue weighted by atomic mass is 9.82. The van der Waals surface area contributed by atoms with Gasteiger partial charge in [0.1, 0.15) is 0 Å². The van der Waals surface area contributed by atoms with E-state index in [4.69, 9.17) is 5.73 Å². The summed E-state index contributed by atoms with van der Waals surface area (Å²) >= 11 is 0. The summed E-state index contributed by atoms with van der Waals surface area (Å²) in [5, 5.41) is 0. The monoisotopic (exact) mass is 266 g/mol. The molecule has 2 N–H and O–H groups in total. The summed E-state index contributed by atoms with van der Waals surface area (Å²) in [4.78, 5) is 14.5. The first kappa shape index (κ1) is 14.8. The van der Waals surface area contributed by atoms with Crippen molar-refractivity contribution in [2.75, 3.05) is 13.1 Å². The molecule has 3 heteroatoms. The molecule has 0 bridgehead atoms. The Labute approximate surface area is 117 Å². The predicted molar refractivity (Wildman–Crippen MR) is 78.8 cm³/mol. The molecule has 0 spiro atoms. The first-order valence-corrected chi connectivity index (χ1v) is 8.24. The second-order valence-corrected chi connectivity index (χ2v) is 6.50. The van der Waals surface area contributed by atoms with Crippen molar-refractivity contribution in [2.45, 2.75) is 70.8 Å². The summed E-state index contributed by atoms with van der Waals surface area (Å²) in [5.41, 5.74) is 6.16. The zero-order valence-electron chi connectivity index (χ0n) is 12.4. The van der Waals surface area contributed by atoms with E-state index in [1.807, 2.05) is 0 Å². The van der Waals surface area contributed by atoms with Crippen molar-refractivity contribution < 1.29 is 4.79 Å². The number of likely N-dealkylation sites (tertiary alicyclic amines) is 1. The number of rotatable bonds is 3. The van der Waals surface area contributed by atoms with Crippen LogP contribution in [0.15, 0.2) is 0 Å². The van der Waals surface area contributed by atoms with Gasteiger partial charge in [-0.2, -0.15) is 0 Å². The van der Waals surface area contributed by atoms with Gasteiger partial charge in [0, 0.05) is 25.6 Å². The lowest BCUT2D eigenvalue weighted by Gasteiger charge is -2.30. The van der Waals surface area contributed by atoms with Crippen LogP contribution in [0.3, 0.4) is 0 Å². The second kappa shape index (κ2) is 7.28. The maximum atomic E-state index is 12.4. The molecule has 0 radical (unpaired) electrons. The maximum Gasteiger partial charge on any atom is 0.222 e. The van der Waals surface area contributed by atoms with E-state index in [9.17, 15) is 4.79 Å². The van der Waals surface area contributed by atoms with Gasteiger partial charge < -0.3 is 10.6 Å². The standard InChI is InChI=1S/C16H30N2O/c1-2-13-6-5-10-18(11-9-13)16(19)12-14-7-3-4-8-15(14)17/h13-15H,2-12,17H2,1H3. The molecule has 1 aliphatic carbocycles. The summed E-state index contributed by atoms with van der Waals surface area (Å²) < 4.78 is 0. The highest BCUT2D eigenvalue weighted by Gasteiger charge is 2.27. The van der Waals surface area contributed by atoms with Gasteiger partial charge >= 0.3 is 0 Å². The minimum atomic E-state index is 0.257. The fraction of sp³-hybridized carbons (Fsp3) is 0.938. The average molecular weight is 266 g/mol. The van der Waals surface area contributed by atoms with Crippen LogP contribution in [0, 0.1) is 11.8 Å². The number of hydrogen-bond acceptors (Lipinski definition) is 2. The molecule has 3 nitrogen and oxygen atoms in total. The van der Waals surface area contributed by atoms with Gasteiger partial charge in [-0.05, 0) is 43.9 Å². The van der Waals surface area contributed by atoms with Crippen molar-refractivity contribution in [1.82, 2.24) is 4.90 Å². The molecule has 110 valence electrons. The Morgan fingerprint density at radius 2 is 1.89 bits per heavy atom. The average Bonchev–Trinajstić information content (AvgIpc) is 2.66. The molecule has 3 atom stereocenters. The summed E-state index contributed by atoms with van der Waals surface area (Å²) in [5.74, 6) is 1.63. The van der Waals surface area contributed by atoms with Crippen LogP contribution in [-0.4, -0.2) is 29.9 Å². The van der Waals surface area contributed by atoms with Crippen LogP contribution in [0.2, 0.25) is 0 Å².